The fourth-order valence-electron chi connectivity index (χ4n) is 1.89. The molecule has 136 valence electrons. The van der Waals surface area contributed by atoms with E-state index in [1.54, 1.807) is 37.3 Å². The van der Waals surface area contributed by atoms with Gasteiger partial charge in [0.2, 0.25) is 5.91 Å². The minimum atomic E-state index is -0.397. The number of esters is 1. The molecule has 0 spiro atoms. The van der Waals surface area contributed by atoms with Crippen LogP contribution in [0.2, 0.25) is 0 Å². The van der Waals surface area contributed by atoms with Gasteiger partial charge in [0, 0.05) is 17.8 Å². The van der Waals surface area contributed by atoms with Gasteiger partial charge >= 0.3 is 5.97 Å². The highest BCUT2D eigenvalue weighted by Crippen LogP contribution is 2.17. The van der Waals surface area contributed by atoms with E-state index in [1.165, 1.54) is 12.1 Å². The van der Waals surface area contributed by atoms with Crippen molar-refractivity contribution in [3.8, 4) is 0 Å². The van der Waals surface area contributed by atoms with Crippen molar-refractivity contribution in [1.82, 2.24) is 9.97 Å². The van der Waals surface area contributed by atoms with Gasteiger partial charge in [0.1, 0.15) is 11.6 Å². The molecule has 9 heteroatoms. The Bertz CT molecular complexity index is 788. The van der Waals surface area contributed by atoms with Crippen molar-refractivity contribution in [2.45, 2.75) is 12.1 Å². The second kappa shape index (κ2) is 9.42. The third kappa shape index (κ3) is 6.44. The molecule has 8 nitrogen and oxygen atoms in total. The molecule has 0 unspecified atom stereocenters. The molecule has 1 aromatic carbocycles. The number of nitrogen functional groups attached to an aromatic ring is 2. The molecule has 0 saturated heterocycles. The Labute approximate surface area is 155 Å². The third-order valence-corrected chi connectivity index (χ3v) is 3.82. The van der Waals surface area contributed by atoms with Crippen molar-refractivity contribution in [3.63, 3.8) is 0 Å². The standard InChI is InChI=1S/C17H19N5O3S/c1-2-25-16(24)8-5-11-3-6-12(7-4-11)20-15(23)10-26-17-21-13(18)9-14(19)22-17/h3-9H,2,10H2,1H3,(H,20,23)(H4,18,19,21,22)/b8-5+. The smallest absolute Gasteiger partial charge is 0.330 e. The Morgan fingerprint density at radius 3 is 2.46 bits per heavy atom. The molecule has 0 aliphatic carbocycles. The Morgan fingerprint density at radius 2 is 1.85 bits per heavy atom. The molecule has 0 radical (unpaired) electrons. The number of ether oxygens (including phenoxy) is 1. The van der Waals surface area contributed by atoms with Crippen molar-refractivity contribution < 1.29 is 14.3 Å². The van der Waals surface area contributed by atoms with E-state index in [4.69, 9.17) is 16.2 Å². The first-order valence-corrected chi connectivity index (χ1v) is 8.72. The maximum atomic E-state index is 12.0. The van der Waals surface area contributed by atoms with Crippen molar-refractivity contribution in [2.75, 3.05) is 29.1 Å². The highest BCUT2D eigenvalue weighted by Gasteiger charge is 2.07. The quantitative estimate of drug-likeness (QED) is 0.290. The van der Waals surface area contributed by atoms with Gasteiger partial charge in [-0.05, 0) is 30.7 Å². The molecule has 26 heavy (non-hydrogen) atoms. The summed E-state index contributed by atoms with van der Waals surface area (Å²) in [4.78, 5) is 31.3. The summed E-state index contributed by atoms with van der Waals surface area (Å²) in [6.07, 6.45) is 2.99. The van der Waals surface area contributed by atoms with E-state index in [2.05, 4.69) is 15.3 Å². The van der Waals surface area contributed by atoms with Gasteiger partial charge in [-0.1, -0.05) is 23.9 Å². The lowest BCUT2D eigenvalue weighted by Gasteiger charge is -2.06. The number of carbonyl (C=O) groups is 2. The maximum absolute atomic E-state index is 12.0. The highest BCUT2D eigenvalue weighted by atomic mass is 32.2. The minimum Gasteiger partial charge on any atom is -0.463 e. The van der Waals surface area contributed by atoms with Crippen LogP contribution < -0.4 is 16.8 Å². The number of anilines is 3. The molecule has 0 aliphatic rings. The van der Waals surface area contributed by atoms with Gasteiger partial charge in [0.15, 0.2) is 5.16 Å². The fourth-order valence-corrected chi connectivity index (χ4v) is 2.56. The first-order valence-electron chi connectivity index (χ1n) is 7.74. The largest absolute Gasteiger partial charge is 0.463 e. The average molecular weight is 373 g/mol. The van der Waals surface area contributed by atoms with Gasteiger partial charge in [0.25, 0.3) is 0 Å². The van der Waals surface area contributed by atoms with Crippen LogP contribution in [0.4, 0.5) is 17.3 Å². The maximum Gasteiger partial charge on any atom is 0.330 e. The summed E-state index contributed by atoms with van der Waals surface area (Å²) >= 11 is 1.14. The number of hydrogen-bond acceptors (Lipinski definition) is 8. The van der Waals surface area contributed by atoms with Crippen molar-refractivity contribution in [2.24, 2.45) is 0 Å². The minimum absolute atomic E-state index is 0.118. The topological polar surface area (TPSA) is 133 Å². The Hall–Kier alpha value is -3.07. The molecule has 0 fully saturated rings. The number of benzene rings is 1. The molecule has 2 aromatic rings. The molecule has 0 bridgehead atoms. The van der Waals surface area contributed by atoms with Crippen LogP contribution in [0.15, 0.2) is 41.6 Å². The van der Waals surface area contributed by atoms with Crippen LogP contribution in [-0.4, -0.2) is 34.2 Å². The summed E-state index contributed by atoms with van der Waals surface area (Å²) in [7, 11) is 0. The lowest BCUT2D eigenvalue weighted by Crippen LogP contribution is -2.14. The van der Waals surface area contributed by atoms with Gasteiger partial charge in [-0.15, -0.1) is 0 Å². The summed E-state index contributed by atoms with van der Waals surface area (Å²) in [6, 6.07) is 8.48. The second-order valence-electron chi connectivity index (χ2n) is 5.04. The van der Waals surface area contributed by atoms with E-state index >= 15 is 0 Å². The van der Waals surface area contributed by atoms with Crippen LogP contribution in [-0.2, 0) is 14.3 Å². The van der Waals surface area contributed by atoms with E-state index in [0.29, 0.717) is 17.5 Å². The molecule has 1 heterocycles. The lowest BCUT2D eigenvalue weighted by atomic mass is 10.2. The van der Waals surface area contributed by atoms with Gasteiger partial charge < -0.3 is 21.5 Å². The second-order valence-corrected chi connectivity index (χ2v) is 5.99. The first kappa shape index (κ1) is 19.3. The van der Waals surface area contributed by atoms with Crippen LogP contribution in [0, 0.1) is 0 Å². The molecule has 5 N–H and O–H groups in total. The summed E-state index contributed by atoms with van der Waals surface area (Å²) in [5.74, 6) is 0.0207. The van der Waals surface area contributed by atoms with Gasteiger partial charge in [-0.25, -0.2) is 14.8 Å². The molecule has 0 saturated carbocycles. The average Bonchev–Trinajstić information content (AvgIpc) is 2.59. The Kier molecular flexibility index (Phi) is 6.98. The lowest BCUT2D eigenvalue weighted by molar-refractivity contribution is -0.137. The molecule has 0 aliphatic heterocycles. The van der Waals surface area contributed by atoms with Crippen molar-refractivity contribution in [3.05, 3.63) is 42.0 Å². The number of rotatable bonds is 7. The Balaban J connectivity index is 1.86. The van der Waals surface area contributed by atoms with Crippen LogP contribution in [0.5, 0.6) is 0 Å². The predicted molar refractivity (Wildman–Crippen MR) is 102 cm³/mol. The Morgan fingerprint density at radius 1 is 1.19 bits per heavy atom. The summed E-state index contributed by atoms with van der Waals surface area (Å²) < 4.78 is 4.81. The summed E-state index contributed by atoms with van der Waals surface area (Å²) in [5.41, 5.74) is 12.6. The number of thioether (sulfide) groups is 1. The fraction of sp³-hybridized carbons (Fsp3) is 0.176. The third-order valence-electron chi connectivity index (χ3n) is 2.97. The zero-order valence-corrected chi connectivity index (χ0v) is 15.0. The number of carbonyl (C=O) groups excluding carboxylic acids is 2. The van der Waals surface area contributed by atoms with Crippen LogP contribution in [0.1, 0.15) is 12.5 Å². The zero-order chi connectivity index (χ0) is 18.9. The number of hydrogen-bond donors (Lipinski definition) is 3. The molecular formula is C17H19N5O3S. The summed E-state index contributed by atoms with van der Waals surface area (Å²) in [5, 5.41) is 3.10. The number of aromatic nitrogens is 2. The van der Waals surface area contributed by atoms with Crippen LogP contribution in [0.3, 0.4) is 0 Å². The van der Waals surface area contributed by atoms with Crippen LogP contribution >= 0.6 is 11.8 Å². The summed E-state index contributed by atoms with van der Waals surface area (Å²) in [6.45, 7) is 2.08. The normalized spacial score (nSPS) is 10.7. The van der Waals surface area contributed by atoms with Gasteiger partial charge in [-0.2, -0.15) is 0 Å². The zero-order valence-electron chi connectivity index (χ0n) is 14.1. The van der Waals surface area contributed by atoms with E-state index in [1.807, 2.05) is 0 Å². The van der Waals surface area contributed by atoms with E-state index in [9.17, 15) is 9.59 Å². The number of nitrogens with one attached hydrogen (secondary N) is 1. The SMILES string of the molecule is CCOC(=O)/C=C/c1ccc(NC(=O)CSc2nc(N)cc(N)n2)cc1. The molecule has 1 aromatic heterocycles. The highest BCUT2D eigenvalue weighted by molar-refractivity contribution is 7.99. The molecule has 2 rings (SSSR count). The monoisotopic (exact) mass is 373 g/mol. The van der Waals surface area contributed by atoms with Gasteiger partial charge in [0.05, 0.1) is 12.4 Å². The van der Waals surface area contributed by atoms with Crippen molar-refractivity contribution >= 4 is 47.0 Å². The molecular weight excluding hydrogens is 354 g/mol. The van der Waals surface area contributed by atoms with Crippen LogP contribution in [0.25, 0.3) is 6.08 Å². The van der Waals surface area contributed by atoms with Crippen molar-refractivity contribution in [1.29, 1.82) is 0 Å². The number of nitrogens with two attached hydrogens (primary N) is 2. The molecule has 1 amide bonds. The van der Waals surface area contributed by atoms with Gasteiger partial charge in [-0.3, -0.25) is 4.79 Å². The molecule has 0 atom stereocenters. The number of nitrogens with zero attached hydrogens (tertiary/aromatic N) is 2. The predicted octanol–water partition coefficient (Wildman–Crippen LogP) is 1.95. The first-order chi connectivity index (χ1) is 12.5. The van der Waals surface area contributed by atoms with E-state index in [0.717, 1.165) is 17.3 Å². The number of amides is 1. The van der Waals surface area contributed by atoms with E-state index < -0.39 is 5.97 Å². The van der Waals surface area contributed by atoms with E-state index in [-0.39, 0.29) is 23.3 Å².